The Kier molecular flexibility index (Phi) is 4.81. The monoisotopic (exact) mass is 221 g/mol. The number of rotatable bonds is 6. The van der Waals surface area contributed by atoms with Crippen LogP contribution in [-0.2, 0) is 6.54 Å². The van der Waals surface area contributed by atoms with Crippen molar-refractivity contribution in [3.8, 4) is 5.75 Å². The molecule has 0 fully saturated rings. The Labute approximate surface area is 98.7 Å². The second-order valence-corrected chi connectivity index (χ2v) is 4.32. The molecule has 0 bridgehead atoms. The third-order valence-electron chi connectivity index (χ3n) is 3.68. The van der Waals surface area contributed by atoms with E-state index in [1.54, 1.807) is 6.07 Å². The molecule has 0 heterocycles. The van der Waals surface area contributed by atoms with Crippen LogP contribution in [0.1, 0.15) is 45.6 Å². The highest BCUT2D eigenvalue weighted by Crippen LogP contribution is 2.22. The number of phenolic OH excluding ortho intramolecular Hbond substituents is 1. The Hall–Kier alpha value is -1.02. The van der Waals surface area contributed by atoms with E-state index < -0.39 is 0 Å². The summed E-state index contributed by atoms with van der Waals surface area (Å²) >= 11 is 0. The Morgan fingerprint density at radius 1 is 1.06 bits per heavy atom. The predicted molar refractivity (Wildman–Crippen MR) is 68.6 cm³/mol. The summed E-state index contributed by atoms with van der Waals surface area (Å²) in [5.41, 5.74) is 1.18. The average Bonchev–Trinajstić information content (AvgIpc) is 2.34. The Morgan fingerprint density at radius 2 is 1.62 bits per heavy atom. The molecule has 0 aliphatic rings. The van der Waals surface area contributed by atoms with Crippen LogP contribution in [0.5, 0.6) is 5.75 Å². The van der Waals surface area contributed by atoms with Gasteiger partial charge in [-0.15, -0.1) is 0 Å². The molecule has 0 saturated heterocycles. The van der Waals surface area contributed by atoms with Crippen LogP contribution in [0.2, 0.25) is 0 Å². The van der Waals surface area contributed by atoms with Gasteiger partial charge in [0.15, 0.2) is 0 Å². The van der Waals surface area contributed by atoms with Crippen LogP contribution in [0.4, 0.5) is 0 Å². The summed E-state index contributed by atoms with van der Waals surface area (Å²) in [6.07, 6.45) is 3.36. The fraction of sp³-hybridized carbons (Fsp3) is 0.571. The third-order valence-corrected chi connectivity index (χ3v) is 3.68. The maximum Gasteiger partial charge on any atom is 0.120 e. The Bertz CT molecular complexity index is 310. The van der Waals surface area contributed by atoms with Crippen LogP contribution in [0.15, 0.2) is 24.3 Å². The largest absolute Gasteiger partial charge is 0.508 e. The van der Waals surface area contributed by atoms with Gasteiger partial charge in [-0.1, -0.05) is 39.0 Å². The van der Waals surface area contributed by atoms with Gasteiger partial charge in [0.05, 0.1) is 0 Å². The van der Waals surface area contributed by atoms with Crippen molar-refractivity contribution in [2.24, 2.45) is 0 Å². The summed E-state index contributed by atoms with van der Waals surface area (Å²) in [4.78, 5) is 0. The van der Waals surface area contributed by atoms with Gasteiger partial charge < -0.3 is 10.4 Å². The molecular formula is C14H23NO. The fourth-order valence-corrected chi connectivity index (χ4v) is 2.07. The van der Waals surface area contributed by atoms with Crippen LogP contribution in [0.25, 0.3) is 0 Å². The standard InChI is InChI=1S/C14H23NO/c1-4-14(5-2,6-3)15-11-12-9-7-8-10-13(12)16/h7-10,15-16H,4-6,11H2,1-3H3. The molecule has 0 aliphatic carbocycles. The molecule has 0 aliphatic heterocycles. The van der Waals surface area contributed by atoms with Gasteiger partial charge in [0.2, 0.25) is 0 Å². The summed E-state index contributed by atoms with van der Waals surface area (Å²) in [5.74, 6) is 0.382. The number of aromatic hydroxyl groups is 1. The molecule has 0 spiro atoms. The number of nitrogens with one attached hydrogen (secondary N) is 1. The van der Waals surface area contributed by atoms with Crippen molar-refractivity contribution in [3.05, 3.63) is 29.8 Å². The van der Waals surface area contributed by atoms with Gasteiger partial charge in [-0.25, -0.2) is 0 Å². The molecule has 16 heavy (non-hydrogen) atoms. The average molecular weight is 221 g/mol. The number of para-hydroxylation sites is 1. The van der Waals surface area contributed by atoms with E-state index >= 15 is 0 Å². The van der Waals surface area contributed by atoms with Gasteiger partial charge in [-0.3, -0.25) is 0 Å². The highest BCUT2D eigenvalue weighted by Gasteiger charge is 2.22. The molecule has 1 rings (SSSR count). The minimum atomic E-state index is 0.211. The van der Waals surface area contributed by atoms with Gasteiger partial charge in [-0.05, 0) is 25.3 Å². The van der Waals surface area contributed by atoms with E-state index in [0.717, 1.165) is 31.4 Å². The molecule has 90 valence electrons. The van der Waals surface area contributed by atoms with Crippen molar-refractivity contribution < 1.29 is 5.11 Å². The zero-order valence-corrected chi connectivity index (χ0v) is 10.6. The Morgan fingerprint density at radius 3 is 2.12 bits per heavy atom. The van der Waals surface area contributed by atoms with Gasteiger partial charge >= 0.3 is 0 Å². The molecule has 0 radical (unpaired) electrons. The van der Waals surface area contributed by atoms with E-state index in [2.05, 4.69) is 26.1 Å². The van der Waals surface area contributed by atoms with Crippen LogP contribution >= 0.6 is 0 Å². The molecule has 0 atom stereocenters. The molecule has 0 unspecified atom stereocenters. The first kappa shape index (κ1) is 13.0. The summed E-state index contributed by atoms with van der Waals surface area (Å²) in [7, 11) is 0. The number of hydrogen-bond acceptors (Lipinski definition) is 2. The smallest absolute Gasteiger partial charge is 0.120 e. The summed E-state index contributed by atoms with van der Waals surface area (Å²) in [6.45, 7) is 7.38. The van der Waals surface area contributed by atoms with E-state index in [1.807, 2.05) is 18.2 Å². The van der Waals surface area contributed by atoms with Crippen LogP contribution in [0, 0.1) is 0 Å². The molecule has 2 nitrogen and oxygen atoms in total. The van der Waals surface area contributed by atoms with Crippen LogP contribution in [0.3, 0.4) is 0 Å². The van der Waals surface area contributed by atoms with Crippen molar-refractivity contribution in [2.45, 2.75) is 52.1 Å². The first-order chi connectivity index (χ1) is 7.67. The van der Waals surface area contributed by atoms with Crippen molar-refractivity contribution >= 4 is 0 Å². The zero-order chi connectivity index (χ0) is 12.0. The second-order valence-electron chi connectivity index (χ2n) is 4.32. The van der Waals surface area contributed by atoms with E-state index in [0.29, 0.717) is 5.75 Å². The third kappa shape index (κ3) is 2.99. The second kappa shape index (κ2) is 5.90. The number of phenols is 1. The lowest BCUT2D eigenvalue weighted by Crippen LogP contribution is -2.43. The molecule has 2 heteroatoms. The SMILES string of the molecule is CCC(CC)(CC)NCc1ccccc1O. The van der Waals surface area contributed by atoms with Gasteiger partial charge in [0.25, 0.3) is 0 Å². The van der Waals surface area contributed by atoms with Crippen molar-refractivity contribution in [3.63, 3.8) is 0 Å². The minimum Gasteiger partial charge on any atom is -0.508 e. The lowest BCUT2D eigenvalue weighted by Gasteiger charge is -2.32. The number of benzene rings is 1. The molecular weight excluding hydrogens is 198 g/mol. The highest BCUT2D eigenvalue weighted by molar-refractivity contribution is 5.31. The first-order valence-electron chi connectivity index (χ1n) is 6.19. The number of hydrogen-bond donors (Lipinski definition) is 2. The predicted octanol–water partition coefficient (Wildman–Crippen LogP) is 3.45. The summed E-state index contributed by atoms with van der Waals surface area (Å²) < 4.78 is 0. The Balaban J connectivity index is 2.66. The summed E-state index contributed by atoms with van der Waals surface area (Å²) in [6, 6.07) is 7.52. The van der Waals surface area contributed by atoms with E-state index in [9.17, 15) is 5.11 Å². The minimum absolute atomic E-state index is 0.211. The molecule has 0 amide bonds. The maximum absolute atomic E-state index is 9.69. The van der Waals surface area contributed by atoms with E-state index in [4.69, 9.17) is 0 Å². The topological polar surface area (TPSA) is 32.3 Å². The molecule has 0 saturated carbocycles. The van der Waals surface area contributed by atoms with Crippen molar-refractivity contribution in [1.82, 2.24) is 5.32 Å². The van der Waals surface area contributed by atoms with Gasteiger partial charge in [0, 0.05) is 17.6 Å². The molecule has 2 N–H and O–H groups in total. The van der Waals surface area contributed by atoms with Gasteiger partial charge in [0.1, 0.15) is 5.75 Å². The quantitative estimate of drug-likeness (QED) is 0.771. The maximum atomic E-state index is 9.69. The van der Waals surface area contributed by atoms with E-state index in [-0.39, 0.29) is 5.54 Å². The lowest BCUT2D eigenvalue weighted by molar-refractivity contribution is 0.286. The van der Waals surface area contributed by atoms with E-state index in [1.165, 1.54) is 0 Å². The lowest BCUT2D eigenvalue weighted by atomic mass is 9.89. The van der Waals surface area contributed by atoms with Gasteiger partial charge in [-0.2, -0.15) is 0 Å². The molecule has 1 aromatic carbocycles. The normalized spacial score (nSPS) is 11.7. The zero-order valence-electron chi connectivity index (χ0n) is 10.6. The molecule has 0 aromatic heterocycles. The van der Waals surface area contributed by atoms with Crippen LogP contribution in [-0.4, -0.2) is 10.6 Å². The highest BCUT2D eigenvalue weighted by atomic mass is 16.3. The van der Waals surface area contributed by atoms with Crippen molar-refractivity contribution in [2.75, 3.05) is 0 Å². The van der Waals surface area contributed by atoms with Crippen LogP contribution < -0.4 is 5.32 Å². The van der Waals surface area contributed by atoms with Crippen molar-refractivity contribution in [1.29, 1.82) is 0 Å². The summed E-state index contributed by atoms with van der Waals surface area (Å²) in [5, 5.41) is 13.3. The molecule has 1 aromatic rings. The first-order valence-corrected chi connectivity index (χ1v) is 6.19. The fourth-order valence-electron chi connectivity index (χ4n) is 2.07.